The third-order valence-electron chi connectivity index (χ3n) is 4.42. The minimum absolute atomic E-state index is 0.0118. The Kier molecular flexibility index (Phi) is 9.92. The molecule has 11 heteroatoms. The van der Waals surface area contributed by atoms with E-state index < -0.39 is 42.1 Å². The molecule has 7 N–H and O–H groups in total. The molecule has 3 atom stereocenters. The number of hydrogen-bond donors (Lipinski definition) is 7. The molecule has 0 aliphatic heterocycles. The van der Waals surface area contributed by atoms with Crippen molar-refractivity contribution in [3.63, 3.8) is 0 Å². The van der Waals surface area contributed by atoms with Crippen molar-refractivity contribution in [3.05, 3.63) is 23.4 Å². The average Bonchev–Trinajstić information content (AvgIpc) is 2.67. The van der Waals surface area contributed by atoms with Crippen molar-refractivity contribution in [2.75, 3.05) is 34.0 Å². The molecule has 11 nitrogen and oxygen atoms in total. The van der Waals surface area contributed by atoms with Crippen LogP contribution < -0.4 is 16.0 Å². The highest BCUT2D eigenvalue weighted by Crippen LogP contribution is 2.38. The molecular formula is C18H29N3O8. The molecule has 0 aromatic carbocycles. The van der Waals surface area contributed by atoms with Crippen LogP contribution in [0.2, 0.25) is 0 Å². The second kappa shape index (κ2) is 11.6. The van der Waals surface area contributed by atoms with Gasteiger partial charge in [-0.3, -0.25) is 14.4 Å². The molecule has 3 unspecified atom stereocenters. The second-order valence-corrected chi connectivity index (χ2v) is 6.58. The van der Waals surface area contributed by atoms with Crippen molar-refractivity contribution >= 4 is 17.7 Å². The molecule has 164 valence electrons. The van der Waals surface area contributed by atoms with E-state index in [4.69, 9.17) is 9.84 Å². The van der Waals surface area contributed by atoms with Gasteiger partial charge in [0.1, 0.15) is 12.8 Å². The number of aliphatic hydroxyl groups excluding tert-OH is 4. The zero-order valence-electron chi connectivity index (χ0n) is 16.5. The van der Waals surface area contributed by atoms with Crippen LogP contribution in [0, 0.1) is 5.41 Å². The molecule has 0 radical (unpaired) electrons. The minimum Gasteiger partial charge on any atom is -0.396 e. The molecule has 0 heterocycles. The standard InChI is InChI=1S/C18H29N3O8/c1-19-17(28)18(13(24)3-5-22)8-11(16(27)21-14(25)4-6-23)7-12(9-18)20-15(26)10-29-2/h7,9,13-14,22-25H,3-6,8,10H2,1-2H3,(H,19,28)(H,20,26)(H,21,27). The summed E-state index contributed by atoms with van der Waals surface area (Å²) < 4.78 is 4.75. The van der Waals surface area contributed by atoms with E-state index in [9.17, 15) is 29.7 Å². The summed E-state index contributed by atoms with van der Waals surface area (Å²) in [5, 5.41) is 45.6. The summed E-state index contributed by atoms with van der Waals surface area (Å²) in [6, 6.07) is 0. The van der Waals surface area contributed by atoms with Gasteiger partial charge >= 0.3 is 0 Å². The maximum Gasteiger partial charge on any atom is 0.250 e. The van der Waals surface area contributed by atoms with Crippen LogP contribution in [0.5, 0.6) is 0 Å². The lowest BCUT2D eigenvalue weighted by Crippen LogP contribution is -2.50. The van der Waals surface area contributed by atoms with Gasteiger partial charge < -0.3 is 41.1 Å². The molecule has 0 aromatic rings. The van der Waals surface area contributed by atoms with E-state index >= 15 is 0 Å². The van der Waals surface area contributed by atoms with E-state index in [1.807, 2.05) is 0 Å². The molecule has 0 saturated carbocycles. The van der Waals surface area contributed by atoms with Crippen LogP contribution in [0.15, 0.2) is 23.4 Å². The maximum atomic E-state index is 12.7. The van der Waals surface area contributed by atoms with E-state index in [1.54, 1.807) is 0 Å². The van der Waals surface area contributed by atoms with Gasteiger partial charge in [-0.05, 0) is 25.0 Å². The van der Waals surface area contributed by atoms with E-state index in [2.05, 4.69) is 16.0 Å². The summed E-state index contributed by atoms with van der Waals surface area (Å²) in [4.78, 5) is 37.2. The van der Waals surface area contributed by atoms with Gasteiger partial charge in [0.2, 0.25) is 17.7 Å². The molecule has 0 aromatic heterocycles. The maximum absolute atomic E-state index is 12.7. The first-order valence-corrected chi connectivity index (χ1v) is 9.07. The SMILES string of the molecule is CNC(=O)C1(C(O)CCO)C=C(NC(=O)COC)C=C(C(=O)NC(O)CCO)C1. The highest BCUT2D eigenvalue weighted by atomic mass is 16.5. The number of hydrogen-bond acceptors (Lipinski definition) is 8. The second-order valence-electron chi connectivity index (χ2n) is 6.58. The van der Waals surface area contributed by atoms with Gasteiger partial charge in [-0.2, -0.15) is 0 Å². The van der Waals surface area contributed by atoms with E-state index in [0.29, 0.717) is 0 Å². The van der Waals surface area contributed by atoms with Gasteiger partial charge in [0.15, 0.2) is 0 Å². The molecule has 1 aliphatic rings. The lowest BCUT2D eigenvalue weighted by atomic mass is 9.71. The predicted molar refractivity (Wildman–Crippen MR) is 101 cm³/mol. The van der Waals surface area contributed by atoms with Crippen LogP contribution in [0.25, 0.3) is 0 Å². The number of amides is 3. The Bertz CT molecular complexity index is 663. The third-order valence-corrected chi connectivity index (χ3v) is 4.42. The first kappa shape index (κ1) is 24.7. The Morgan fingerprint density at radius 1 is 1.21 bits per heavy atom. The van der Waals surface area contributed by atoms with Gasteiger partial charge in [-0.25, -0.2) is 0 Å². The molecule has 1 rings (SSSR count). The minimum atomic E-state index is -1.64. The summed E-state index contributed by atoms with van der Waals surface area (Å²) in [6.07, 6.45) is -0.508. The van der Waals surface area contributed by atoms with Crippen molar-refractivity contribution in [2.45, 2.75) is 31.6 Å². The molecule has 0 saturated heterocycles. The number of carbonyl (C=O) groups excluding carboxylic acids is 3. The predicted octanol–water partition coefficient (Wildman–Crippen LogP) is -2.74. The topological polar surface area (TPSA) is 177 Å². The summed E-state index contributed by atoms with van der Waals surface area (Å²) >= 11 is 0. The highest BCUT2D eigenvalue weighted by Gasteiger charge is 2.46. The highest BCUT2D eigenvalue weighted by molar-refractivity contribution is 5.97. The van der Waals surface area contributed by atoms with Crippen molar-refractivity contribution in [2.24, 2.45) is 5.41 Å². The lowest BCUT2D eigenvalue weighted by molar-refractivity contribution is -0.135. The molecule has 29 heavy (non-hydrogen) atoms. The van der Waals surface area contributed by atoms with Crippen LogP contribution in [-0.2, 0) is 19.1 Å². The number of ether oxygens (including phenoxy) is 1. The Morgan fingerprint density at radius 2 is 1.86 bits per heavy atom. The monoisotopic (exact) mass is 415 g/mol. The third kappa shape index (κ3) is 6.61. The fourth-order valence-electron chi connectivity index (χ4n) is 3.03. The van der Waals surface area contributed by atoms with Gasteiger partial charge in [-0.15, -0.1) is 0 Å². The molecular weight excluding hydrogens is 386 g/mol. The van der Waals surface area contributed by atoms with Gasteiger partial charge in [-0.1, -0.05) is 0 Å². The molecule has 1 aliphatic carbocycles. The summed E-state index contributed by atoms with van der Waals surface area (Å²) in [6.45, 7) is -1.02. The van der Waals surface area contributed by atoms with Gasteiger partial charge in [0.05, 0.1) is 11.5 Å². The van der Waals surface area contributed by atoms with E-state index in [-0.39, 0.29) is 43.7 Å². The number of rotatable bonds is 11. The lowest BCUT2D eigenvalue weighted by Gasteiger charge is -2.37. The average molecular weight is 415 g/mol. The van der Waals surface area contributed by atoms with Crippen LogP contribution in [0.4, 0.5) is 0 Å². The Labute approximate surface area is 168 Å². The number of carbonyl (C=O) groups is 3. The van der Waals surface area contributed by atoms with Crippen LogP contribution in [0.1, 0.15) is 19.3 Å². The molecule has 0 bridgehead atoms. The summed E-state index contributed by atoms with van der Waals surface area (Å²) in [5.41, 5.74) is -1.55. The zero-order chi connectivity index (χ0) is 22.0. The Morgan fingerprint density at radius 3 is 2.41 bits per heavy atom. The van der Waals surface area contributed by atoms with Crippen LogP contribution >= 0.6 is 0 Å². The van der Waals surface area contributed by atoms with E-state index in [1.165, 1.54) is 26.3 Å². The Balaban J connectivity index is 3.33. The normalized spacial score (nSPS) is 20.8. The van der Waals surface area contributed by atoms with Crippen molar-refractivity contribution in [1.82, 2.24) is 16.0 Å². The fraction of sp³-hybridized carbons (Fsp3) is 0.611. The Hall–Kier alpha value is -2.31. The summed E-state index contributed by atoms with van der Waals surface area (Å²) in [5.74, 6) is -1.90. The van der Waals surface area contributed by atoms with Gasteiger partial charge in [0.25, 0.3) is 0 Å². The van der Waals surface area contributed by atoms with Gasteiger partial charge in [0, 0.05) is 45.1 Å². The number of allylic oxidation sites excluding steroid dienone is 1. The smallest absolute Gasteiger partial charge is 0.250 e. The molecule has 0 fully saturated rings. The van der Waals surface area contributed by atoms with E-state index in [0.717, 1.165) is 0 Å². The first-order chi connectivity index (χ1) is 13.7. The largest absolute Gasteiger partial charge is 0.396 e. The number of aliphatic hydroxyl groups is 4. The molecule has 3 amide bonds. The molecule has 0 spiro atoms. The first-order valence-electron chi connectivity index (χ1n) is 9.07. The fourth-order valence-corrected chi connectivity index (χ4v) is 3.03. The quantitative estimate of drug-likeness (QED) is 0.178. The zero-order valence-corrected chi connectivity index (χ0v) is 16.5. The van der Waals surface area contributed by atoms with Crippen LogP contribution in [-0.4, -0.2) is 84.5 Å². The van der Waals surface area contributed by atoms with Crippen molar-refractivity contribution in [3.8, 4) is 0 Å². The van der Waals surface area contributed by atoms with Crippen molar-refractivity contribution < 1.29 is 39.5 Å². The van der Waals surface area contributed by atoms with Crippen molar-refractivity contribution in [1.29, 1.82) is 0 Å². The number of nitrogens with one attached hydrogen (secondary N) is 3. The van der Waals surface area contributed by atoms with Crippen LogP contribution in [0.3, 0.4) is 0 Å². The summed E-state index contributed by atoms with van der Waals surface area (Å²) in [7, 11) is 2.68. The number of methoxy groups -OCH3 is 1.